The second-order valence-corrected chi connectivity index (χ2v) is 1.66. The molecule has 0 aliphatic rings. The molecule has 1 atom stereocenters. The number of rotatable bonds is 3. The van der Waals surface area contributed by atoms with Crippen molar-refractivity contribution in [1.82, 2.24) is 0 Å². The summed E-state index contributed by atoms with van der Waals surface area (Å²) in [4.78, 5) is 10.3. The van der Waals surface area contributed by atoms with Crippen LogP contribution in [-0.4, -0.2) is 29.4 Å². The van der Waals surface area contributed by atoms with E-state index in [0.29, 0.717) is 0 Å². The van der Waals surface area contributed by atoms with Gasteiger partial charge in [0.1, 0.15) is 0 Å². The van der Waals surface area contributed by atoms with E-state index >= 15 is 0 Å². The van der Waals surface area contributed by atoms with Gasteiger partial charge in [-0.25, -0.2) is 0 Å². The number of ketones is 1. The number of aliphatic hydroxyl groups is 1. The minimum absolute atomic E-state index is 0.123. The predicted molar refractivity (Wildman–Crippen MR) is 30.8 cm³/mol. The van der Waals surface area contributed by atoms with Crippen LogP contribution in [0.1, 0.15) is 0 Å². The van der Waals surface area contributed by atoms with Gasteiger partial charge in [-0.2, -0.15) is 0 Å². The lowest BCUT2D eigenvalue weighted by atomic mass is 10.2. The molecule has 0 fully saturated rings. The molecular formula is C4H8ClNO2. The number of carbonyl (C=O) groups excluding carboxylic acids is 1. The van der Waals surface area contributed by atoms with Crippen molar-refractivity contribution in [2.24, 2.45) is 5.73 Å². The fourth-order valence-electron chi connectivity index (χ4n) is 0.201. The highest BCUT2D eigenvalue weighted by molar-refractivity contribution is 6.28. The number of aliphatic hydroxyl groups excluding tert-OH is 1. The van der Waals surface area contributed by atoms with Gasteiger partial charge in [0, 0.05) is 0 Å². The lowest BCUT2D eigenvalue weighted by Gasteiger charge is -2.00. The molecule has 8 heavy (non-hydrogen) atoms. The largest absolute Gasteiger partial charge is 0.394 e. The zero-order valence-electron chi connectivity index (χ0n) is 4.30. The van der Waals surface area contributed by atoms with Crippen LogP contribution in [0, 0.1) is 0 Å². The average molecular weight is 138 g/mol. The van der Waals surface area contributed by atoms with Crippen molar-refractivity contribution in [3.05, 3.63) is 0 Å². The fourth-order valence-corrected chi connectivity index (χ4v) is 0.399. The second kappa shape index (κ2) is 3.83. The summed E-state index contributed by atoms with van der Waals surface area (Å²) < 4.78 is 0. The molecule has 48 valence electrons. The van der Waals surface area contributed by atoms with Crippen LogP contribution in [0.4, 0.5) is 0 Å². The van der Waals surface area contributed by atoms with Gasteiger partial charge in [-0.1, -0.05) is 0 Å². The number of nitrogens with two attached hydrogens (primary N) is 1. The highest BCUT2D eigenvalue weighted by Crippen LogP contribution is 1.83. The van der Waals surface area contributed by atoms with Crippen LogP contribution in [-0.2, 0) is 4.79 Å². The molecule has 0 bridgehead atoms. The third kappa shape index (κ3) is 2.26. The Labute approximate surface area is 52.4 Å². The fraction of sp³-hybridized carbons (Fsp3) is 0.750. The van der Waals surface area contributed by atoms with Gasteiger partial charge >= 0.3 is 0 Å². The van der Waals surface area contributed by atoms with Crippen LogP contribution in [0.5, 0.6) is 0 Å². The van der Waals surface area contributed by atoms with Gasteiger partial charge in [0.15, 0.2) is 5.78 Å². The molecule has 0 amide bonds. The molecule has 1 unspecified atom stereocenters. The number of Topliss-reactive ketones (excluding diaryl/α,β-unsaturated/α-hetero) is 1. The molecule has 3 nitrogen and oxygen atoms in total. The Balaban J connectivity index is 3.46. The van der Waals surface area contributed by atoms with E-state index in [-0.39, 0.29) is 18.3 Å². The maximum atomic E-state index is 10.3. The Kier molecular flexibility index (Phi) is 3.77. The summed E-state index contributed by atoms with van der Waals surface area (Å²) >= 11 is 5.08. The topological polar surface area (TPSA) is 63.3 Å². The zero-order valence-corrected chi connectivity index (χ0v) is 5.06. The van der Waals surface area contributed by atoms with Crippen LogP contribution in [0.25, 0.3) is 0 Å². The van der Waals surface area contributed by atoms with Gasteiger partial charge in [-0.15, -0.1) is 11.6 Å². The Morgan fingerprint density at radius 2 is 2.38 bits per heavy atom. The first-order chi connectivity index (χ1) is 3.72. The minimum Gasteiger partial charge on any atom is -0.394 e. The number of carbonyl (C=O) groups is 1. The van der Waals surface area contributed by atoms with Crippen molar-refractivity contribution in [3.8, 4) is 0 Å². The molecule has 0 radical (unpaired) electrons. The van der Waals surface area contributed by atoms with Gasteiger partial charge in [0.25, 0.3) is 0 Å². The van der Waals surface area contributed by atoms with E-state index in [1.54, 1.807) is 0 Å². The Hall–Kier alpha value is -0.120. The summed E-state index contributed by atoms with van der Waals surface area (Å²) in [6, 6.07) is -0.799. The van der Waals surface area contributed by atoms with E-state index in [4.69, 9.17) is 22.4 Å². The second-order valence-electron chi connectivity index (χ2n) is 1.39. The smallest absolute Gasteiger partial charge is 0.166 e. The quantitative estimate of drug-likeness (QED) is 0.497. The molecular weight excluding hydrogens is 130 g/mol. The molecule has 0 aromatic carbocycles. The molecule has 0 heterocycles. The molecule has 0 aromatic heterocycles. The lowest BCUT2D eigenvalue weighted by Crippen LogP contribution is -2.34. The van der Waals surface area contributed by atoms with Crippen LogP contribution in [0.2, 0.25) is 0 Å². The number of alkyl halides is 1. The maximum Gasteiger partial charge on any atom is 0.166 e. The molecule has 0 saturated heterocycles. The molecule has 0 aliphatic heterocycles. The summed E-state index contributed by atoms with van der Waals surface area (Å²) in [6.07, 6.45) is 0. The Morgan fingerprint density at radius 3 is 2.50 bits per heavy atom. The van der Waals surface area contributed by atoms with Crippen LogP contribution < -0.4 is 5.73 Å². The third-order valence-corrected chi connectivity index (χ3v) is 1.01. The summed E-state index contributed by atoms with van der Waals surface area (Å²) in [6.45, 7) is -0.328. The Bertz CT molecular complexity index is 86.1. The predicted octanol–water partition coefficient (Wildman–Crippen LogP) is -0.886. The molecule has 0 spiro atoms. The van der Waals surface area contributed by atoms with Crippen LogP contribution in [0.15, 0.2) is 0 Å². The third-order valence-electron chi connectivity index (χ3n) is 0.742. The van der Waals surface area contributed by atoms with Crippen molar-refractivity contribution >= 4 is 17.4 Å². The van der Waals surface area contributed by atoms with Gasteiger partial charge in [-0.05, 0) is 0 Å². The van der Waals surface area contributed by atoms with E-state index in [0.717, 1.165) is 0 Å². The molecule has 0 saturated carbocycles. The Morgan fingerprint density at radius 1 is 1.88 bits per heavy atom. The first-order valence-electron chi connectivity index (χ1n) is 2.17. The van der Waals surface area contributed by atoms with E-state index < -0.39 is 6.04 Å². The van der Waals surface area contributed by atoms with E-state index in [2.05, 4.69) is 0 Å². The highest BCUT2D eigenvalue weighted by Gasteiger charge is 2.08. The first-order valence-corrected chi connectivity index (χ1v) is 2.71. The number of halogens is 1. The average Bonchev–Trinajstić information content (AvgIpc) is 1.84. The van der Waals surface area contributed by atoms with Crippen LogP contribution >= 0.6 is 11.6 Å². The van der Waals surface area contributed by atoms with E-state index in [1.165, 1.54) is 0 Å². The molecule has 0 aliphatic carbocycles. The maximum absolute atomic E-state index is 10.3. The van der Waals surface area contributed by atoms with Gasteiger partial charge in [0.05, 0.1) is 18.5 Å². The van der Waals surface area contributed by atoms with Crippen molar-refractivity contribution in [2.45, 2.75) is 6.04 Å². The van der Waals surface area contributed by atoms with Crippen molar-refractivity contribution in [2.75, 3.05) is 12.5 Å². The van der Waals surface area contributed by atoms with Crippen LogP contribution in [0.3, 0.4) is 0 Å². The van der Waals surface area contributed by atoms with Gasteiger partial charge in [-0.3, -0.25) is 4.79 Å². The van der Waals surface area contributed by atoms with Gasteiger partial charge in [0.2, 0.25) is 0 Å². The zero-order chi connectivity index (χ0) is 6.57. The minimum atomic E-state index is -0.799. The summed E-state index contributed by atoms with van der Waals surface area (Å²) in [5.41, 5.74) is 5.04. The summed E-state index contributed by atoms with van der Waals surface area (Å²) in [5.74, 6) is -0.448. The SMILES string of the molecule is NC(CO)C(=O)CCl. The normalized spacial score (nSPS) is 13.4. The van der Waals surface area contributed by atoms with E-state index in [1.807, 2.05) is 0 Å². The first kappa shape index (κ1) is 7.88. The molecule has 0 aromatic rings. The highest BCUT2D eigenvalue weighted by atomic mass is 35.5. The molecule has 3 N–H and O–H groups in total. The van der Waals surface area contributed by atoms with Crippen molar-refractivity contribution < 1.29 is 9.90 Å². The number of hydrogen-bond acceptors (Lipinski definition) is 3. The van der Waals surface area contributed by atoms with Crippen molar-refractivity contribution in [1.29, 1.82) is 0 Å². The molecule has 0 rings (SSSR count). The van der Waals surface area contributed by atoms with E-state index in [9.17, 15) is 4.79 Å². The molecule has 4 heteroatoms. The standard InChI is InChI=1S/C4H8ClNO2/c5-1-4(8)3(6)2-7/h3,7H,1-2,6H2. The number of hydrogen-bond donors (Lipinski definition) is 2. The van der Waals surface area contributed by atoms with Crippen molar-refractivity contribution in [3.63, 3.8) is 0 Å². The monoisotopic (exact) mass is 137 g/mol. The summed E-state index contributed by atoms with van der Waals surface area (Å²) in [7, 11) is 0. The lowest BCUT2D eigenvalue weighted by molar-refractivity contribution is -0.118. The van der Waals surface area contributed by atoms with Gasteiger partial charge < -0.3 is 10.8 Å². The summed E-state index contributed by atoms with van der Waals surface area (Å²) in [5, 5.41) is 8.23.